The Hall–Kier alpha value is -3.13. The highest BCUT2D eigenvalue weighted by Gasteiger charge is 2.21. The average Bonchev–Trinajstić information content (AvgIpc) is 3.29. The zero-order valence-electron chi connectivity index (χ0n) is 14.8. The van der Waals surface area contributed by atoms with Crippen molar-refractivity contribution in [3.8, 4) is 5.69 Å². The molecule has 0 radical (unpaired) electrons. The maximum Gasteiger partial charge on any atom is 0.276 e. The molecule has 0 aliphatic carbocycles. The van der Waals surface area contributed by atoms with Crippen molar-refractivity contribution in [3.63, 3.8) is 0 Å². The zero-order chi connectivity index (χ0) is 19.4. The first-order valence-electron chi connectivity index (χ1n) is 8.18. The number of aryl methyl sites for hydroxylation is 1. The molecule has 2 amide bonds. The molecule has 0 saturated carbocycles. The number of rotatable bonds is 6. The van der Waals surface area contributed by atoms with Crippen LogP contribution in [0, 0.1) is 6.92 Å². The van der Waals surface area contributed by atoms with Gasteiger partial charge >= 0.3 is 0 Å². The Bertz CT molecular complexity index is 952. The minimum Gasteiger partial charge on any atom is -0.467 e. The van der Waals surface area contributed by atoms with E-state index < -0.39 is 5.91 Å². The topological polar surface area (TPSA) is 93.3 Å². The van der Waals surface area contributed by atoms with Crippen molar-refractivity contribution in [2.24, 2.45) is 0 Å². The molecule has 0 aliphatic heterocycles. The Morgan fingerprint density at radius 3 is 2.78 bits per heavy atom. The second-order valence-electron chi connectivity index (χ2n) is 5.92. The summed E-state index contributed by atoms with van der Waals surface area (Å²) < 4.78 is 5.15. The van der Waals surface area contributed by atoms with Crippen LogP contribution in [0.1, 0.15) is 21.9 Å². The van der Waals surface area contributed by atoms with Crippen LogP contribution < -0.4 is 5.32 Å². The summed E-state index contributed by atoms with van der Waals surface area (Å²) in [6.45, 7) is 1.84. The lowest BCUT2D eigenvalue weighted by molar-refractivity contribution is -0.121. The van der Waals surface area contributed by atoms with Crippen molar-refractivity contribution in [2.45, 2.75) is 13.5 Å². The minimum absolute atomic E-state index is 0.108. The largest absolute Gasteiger partial charge is 0.467 e. The van der Waals surface area contributed by atoms with E-state index in [0.29, 0.717) is 22.2 Å². The fourth-order valence-electron chi connectivity index (χ4n) is 2.42. The molecule has 140 valence electrons. The number of likely N-dealkylation sites (N-methyl/N-ethyl adjacent to an activating group) is 1. The van der Waals surface area contributed by atoms with E-state index in [-0.39, 0.29) is 24.7 Å². The summed E-state index contributed by atoms with van der Waals surface area (Å²) >= 11 is 5.98. The number of nitrogens with zero attached hydrogens (tertiary/aromatic N) is 4. The lowest BCUT2D eigenvalue weighted by atomic mass is 10.3. The summed E-state index contributed by atoms with van der Waals surface area (Å²) in [6, 6.07) is 10.5. The number of furan rings is 1. The number of hydrogen-bond donors (Lipinski definition) is 1. The lowest BCUT2D eigenvalue weighted by Gasteiger charge is -2.15. The Morgan fingerprint density at radius 1 is 1.26 bits per heavy atom. The van der Waals surface area contributed by atoms with E-state index in [4.69, 9.17) is 16.0 Å². The SMILES string of the molecule is Cc1nn(-c2cccc(Cl)c2)nc1C(=O)N(C)CC(=O)NCc1ccco1. The molecule has 3 aromatic rings. The van der Waals surface area contributed by atoms with Crippen LogP contribution in [0.3, 0.4) is 0 Å². The molecule has 8 nitrogen and oxygen atoms in total. The summed E-state index contributed by atoms with van der Waals surface area (Å²) in [7, 11) is 1.53. The quantitative estimate of drug-likeness (QED) is 0.700. The van der Waals surface area contributed by atoms with Gasteiger partial charge in [0.05, 0.1) is 30.7 Å². The zero-order valence-corrected chi connectivity index (χ0v) is 15.6. The molecule has 0 fully saturated rings. The van der Waals surface area contributed by atoms with Crippen molar-refractivity contribution in [1.82, 2.24) is 25.2 Å². The first kappa shape index (κ1) is 18.7. The van der Waals surface area contributed by atoms with Crippen molar-refractivity contribution >= 4 is 23.4 Å². The predicted octanol–water partition coefficient (Wildman–Crippen LogP) is 2.21. The van der Waals surface area contributed by atoms with Gasteiger partial charge in [-0.25, -0.2) is 0 Å². The average molecular weight is 388 g/mol. The predicted molar refractivity (Wildman–Crippen MR) is 98.6 cm³/mol. The van der Waals surface area contributed by atoms with Crippen molar-refractivity contribution in [3.05, 3.63) is 64.8 Å². The molecule has 0 unspecified atom stereocenters. The molecule has 9 heteroatoms. The van der Waals surface area contributed by atoms with Crippen LogP contribution in [0.4, 0.5) is 0 Å². The monoisotopic (exact) mass is 387 g/mol. The van der Waals surface area contributed by atoms with E-state index in [1.807, 2.05) is 0 Å². The number of halogens is 1. The van der Waals surface area contributed by atoms with Crippen LogP contribution >= 0.6 is 11.6 Å². The molecule has 27 heavy (non-hydrogen) atoms. The van der Waals surface area contributed by atoms with Gasteiger partial charge in [-0.15, -0.1) is 5.10 Å². The van der Waals surface area contributed by atoms with Crippen LogP contribution in [0.5, 0.6) is 0 Å². The summed E-state index contributed by atoms with van der Waals surface area (Å²) in [5.41, 5.74) is 1.28. The molecule has 2 aromatic heterocycles. The first-order valence-corrected chi connectivity index (χ1v) is 8.56. The molecule has 0 bridgehead atoms. The fourth-order valence-corrected chi connectivity index (χ4v) is 2.60. The number of benzene rings is 1. The van der Waals surface area contributed by atoms with E-state index in [9.17, 15) is 9.59 Å². The van der Waals surface area contributed by atoms with Crippen LogP contribution in [0.2, 0.25) is 5.02 Å². The molecule has 3 rings (SSSR count). The van der Waals surface area contributed by atoms with E-state index in [1.165, 1.54) is 23.0 Å². The van der Waals surface area contributed by atoms with Crippen LogP contribution in [0.15, 0.2) is 47.1 Å². The van der Waals surface area contributed by atoms with E-state index in [0.717, 1.165) is 0 Å². The molecule has 0 spiro atoms. The van der Waals surface area contributed by atoms with Gasteiger partial charge < -0.3 is 14.6 Å². The van der Waals surface area contributed by atoms with E-state index in [2.05, 4.69) is 15.5 Å². The highest BCUT2D eigenvalue weighted by molar-refractivity contribution is 6.30. The summed E-state index contributed by atoms with van der Waals surface area (Å²) in [6.07, 6.45) is 1.53. The Balaban J connectivity index is 1.65. The molecule has 0 aliphatic rings. The third-order valence-corrected chi connectivity index (χ3v) is 4.03. The summed E-state index contributed by atoms with van der Waals surface area (Å²) in [5, 5.41) is 11.7. The van der Waals surface area contributed by atoms with Gasteiger partial charge in [0.2, 0.25) is 5.91 Å². The normalized spacial score (nSPS) is 10.6. The number of amides is 2. The number of carbonyl (C=O) groups is 2. The van der Waals surface area contributed by atoms with Gasteiger partial charge in [0.15, 0.2) is 5.69 Å². The minimum atomic E-state index is -0.395. The van der Waals surface area contributed by atoms with Gasteiger partial charge in [-0.05, 0) is 37.3 Å². The number of carbonyl (C=O) groups excluding carboxylic acids is 2. The summed E-state index contributed by atoms with van der Waals surface area (Å²) in [5.74, 6) is -0.0614. The number of aromatic nitrogens is 3. The van der Waals surface area contributed by atoms with Gasteiger partial charge in [0.25, 0.3) is 5.91 Å². The highest BCUT2D eigenvalue weighted by atomic mass is 35.5. The van der Waals surface area contributed by atoms with Crippen LogP contribution in [-0.4, -0.2) is 45.3 Å². The number of nitrogens with one attached hydrogen (secondary N) is 1. The van der Waals surface area contributed by atoms with Gasteiger partial charge in [-0.3, -0.25) is 9.59 Å². The van der Waals surface area contributed by atoms with Crippen molar-refractivity contribution in [2.75, 3.05) is 13.6 Å². The first-order chi connectivity index (χ1) is 12.9. The molecular weight excluding hydrogens is 370 g/mol. The second kappa shape index (κ2) is 8.05. The maximum absolute atomic E-state index is 12.6. The van der Waals surface area contributed by atoms with Crippen LogP contribution in [0.25, 0.3) is 5.69 Å². The van der Waals surface area contributed by atoms with Crippen molar-refractivity contribution in [1.29, 1.82) is 0 Å². The van der Waals surface area contributed by atoms with Gasteiger partial charge in [-0.2, -0.15) is 9.90 Å². The maximum atomic E-state index is 12.6. The molecule has 0 atom stereocenters. The van der Waals surface area contributed by atoms with Gasteiger partial charge in [-0.1, -0.05) is 17.7 Å². The molecular formula is C18H18ClN5O3. The second-order valence-corrected chi connectivity index (χ2v) is 6.36. The highest BCUT2D eigenvalue weighted by Crippen LogP contribution is 2.15. The van der Waals surface area contributed by atoms with E-state index >= 15 is 0 Å². The lowest BCUT2D eigenvalue weighted by Crippen LogP contribution is -2.38. The third-order valence-electron chi connectivity index (χ3n) is 3.79. The van der Waals surface area contributed by atoms with Gasteiger partial charge in [0, 0.05) is 12.1 Å². The smallest absolute Gasteiger partial charge is 0.276 e. The standard InChI is InChI=1S/C18H18ClN5O3/c1-12-17(22-24(21-12)14-6-3-5-13(19)9-14)18(26)23(2)11-16(25)20-10-15-7-4-8-27-15/h3-9H,10-11H2,1-2H3,(H,20,25). The van der Waals surface area contributed by atoms with Gasteiger partial charge in [0.1, 0.15) is 5.76 Å². The van der Waals surface area contributed by atoms with E-state index in [1.54, 1.807) is 43.3 Å². The molecule has 0 saturated heterocycles. The Morgan fingerprint density at radius 2 is 2.07 bits per heavy atom. The fraction of sp³-hybridized carbons (Fsp3) is 0.222. The molecule has 2 heterocycles. The molecule has 1 aromatic carbocycles. The number of hydrogen-bond acceptors (Lipinski definition) is 5. The van der Waals surface area contributed by atoms with Crippen LogP contribution in [-0.2, 0) is 11.3 Å². The third kappa shape index (κ3) is 4.53. The Kier molecular flexibility index (Phi) is 5.56. The Labute approximate surface area is 160 Å². The van der Waals surface area contributed by atoms with Crippen molar-refractivity contribution < 1.29 is 14.0 Å². The summed E-state index contributed by atoms with van der Waals surface area (Å²) in [4.78, 5) is 27.3. The molecule has 1 N–H and O–H groups in total.